The highest BCUT2D eigenvalue weighted by molar-refractivity contribution is 6.35. The number of carbonyl (C=O) groups excluding carboxylic acids is 2. The van der Waals surface area contributed by atoms with E-state index >= 15 is 4.39 Å². The first-order valence-corrected chi connectivity index (χ1v) is 16.7. The first-order valence-electron chi connectivity index (χ1n) is 16.0. The molecular weight excluding hydrogens is 672 g/mol. The van der Waals surface area contributed by atoms with Crippen LogP contribution >= 0.6 is 23.2 Å². The van der Waals surface area contributed by atoms with Gasteiger partial charge < -0.3 is 24.3 Å². The van der Waals surface area contributed by atoms with Crippen LogP contribution < -0.4 is 14.8 Å². The Morgan fingerprint density at radius 3 is 2.37 bits per heavy atom. The lowest BCUT2D eigenvalue weighted by atomic mass is 9.86. The van der Waals surface area contributed by atoms with E-state index in [4.69, 9.17) is 42.1 Å². The summed E-state index contributed by atoms with van der Waals surface area (Å²) in [5.41, 5.74) is 1.90. The van der Waals surface area contributed by atoms with E-state index in [0.29, 0.717) is 44.9 Å². The zero-order chi connectivity index (χ0) is 34.5. The minimum Gasteiger partial charge on any atom is -0.493 e. The number of hydrogen-bond donors (Lipinski definition) is 1. The van der Waals surface area contributed by atoms with Crippen molar-refractivity contribution in [2.45, 2.75) is 37.5 Å². The van der Waals surface area contributed by atoms with Gasteiger partial charge in [-0.1, -0.05) is 53.5 Å². The molecule has 3 saturated heterocycles. The van der Waals surface area contributed by atoms with Crippen molar-refractivity contribution in [2.24, 2.45) is 5.92 Å². The van der Waals surface area contributed by atoms with E-state index in [0.717, 1.165) is 25.9 Å². The Morgan fingerprint density at radius 1 is 0.959 bits per heavy atom. The second-order valence-electron chi connectivity index (χ2n) is 12.1. The molecule has 4 heterocycles. The highest BCUT2D eigenvalue weighted by Gasteiger charge is 2.38. The average molecular weight is 709 g/mol. The van der Waals surface area contributed by atoms with Crippen LogP contribution in [0, 0.1) is 11.7 Å². The number of nitrogens with zero attached hydrogens (tertiary/aromatic N) is 2. The Hall–Kier alpha value is -4.38. The van der Waals surface area contributed by atoms with Gasteiger partial charge in [-0.05, 0) is 79.4 Å². The summed E-state index contributed by atoms with van der Waals surface area (Å²) >= 11 is 12.9. The second-order valence-corrected chi connectivity index (χ2v) is 12.9. The number of esters is 2. The van der Waals surface area contributed by atoms with Crippen molar-refractivity contribution in [3.05, 3.63) is 117 Å². The van der Waals surface area contributed by atoms with E-state index in [1.54, 1.807) is 60.7 Å². The quantitative estimate of drug-likeness (QED) is 0.150. The van der Waals surface area contributed by atoms with Gasteiger partial charge in [0.2, 0.25) is 0 Å². The molecule has 3 aromatic carbocycles. The maximum Gasteiger partial charge on any atom is 0.338 e. The predicted molar refractivity (Wildman–Crippen MR) is 184 cm³/mol. The monoisotopic (exact) mass is 707 g/mol. The second kappa shape index (κ2) is 15.4. The molecule has 0 saturated carbocycles. The minimum atomic E-state index is -1.15. The Balaban J connectivity index is 1.26. The maximum absolute atomic E-state index is 15.1. The number of anilines is 1. The third-order valence-corrected chi connectivity index (χ3v) is 9.75. The topological polar surface area (TPSA) is 99.2 Å². The molecule has 0 aliphatic carbocycles. The molecule has 3 fully saturated rings. The molecule has 1 unspecified atom stereocenters. The van der Waals surface area contributed by atoms with Gasteiger partial charge in [0, 0.05) is 36.6 Å². The number of rotatable bonds is 12. The summed E-state index contributed by atoms with van der Waals surface area (Å²) in [4.78, 5) is 33.8. The first-order chi connectivity index (χ1) is 23.7. The molecule has 3 atom stereocenters. The number of piperidine rings is 3. The lowest BCUT2D eigenvalue weighted by molar-refractivity contribution is -0.160. The van der Waals surface area contributed by atoms with Gasteiger partial charge in [0.05, 0.1) is 29.8 Å². The van der Waals surface area contributed by atoms with Crippen LogP contribution in [0.2, 0.25) is 10.0 Å². The van der Waals surface area contributed by atoms with Crippen molar-refractivity contribution >= 4 is 40.8 Å². The summed E-state index contributed by atoms with van der Waals surface area (Å²) < 4.78 is 38.1. The van der Waals surface area contributed by atoms with E-state index in [1.807, 2.05) is 0 Å². The SMILES string of the molecule is COc1ccc([C@H](Cc2c(Cl)cncc2Cl)OC(=O)c2cccc(NC(C(=O)O[C@H]3CN4CCC3CC4)c3ccccc3F)c2)cc1OC. The average Bonchev–Trinajstić information content (AvgIpc) is 3.12. The number of benzene rings is 3. The van der Waals surface area contributed by atoms with Crippen LogP contribution in [0.5, 0.6) is 11.5 Å². The number of halogens is 3. The fourth-order valence-electron chi connectivity index (χ4n) is 6.43. The molecule has 1 aromatic heterocycles. The molecule has 3 aliphatic heterocycles. The van der Waals surface area contributed by atoms with Crippen molar-refractivity contribution in [3.63, 3.8) is 0 Å². The van der Waals surface area contributed by atoms with Crippen molar-refractivity contribution in [3.8, 4) is 11.5 Å². The molecule has 0 spiro atoms. The molecule has 2 bridgehead atoms. The number of fused-ring (bicyclic) bond motifs is 3. The highest BCUT2D eigenvalue weighted by Crippen LogP contribution is 2.36. The van der Waals surface area contributed by atoms with Gasteiger partial charge in [0.1, 0.15) is 18.0 Å². The third-order valence-electron chi connectivity index (χ3n) is 9.10. The Kier molecular flexibility index (Phi) is 10.9. The van der Waals surface area contributed by atoms with Crippen LogP contribution in [-0.4, -0.2) is 61.8 Å². The molecule has 0 radical (unpaired) electrons. The van der Waals surface area contributed by atoms with Crippen LogP contribution in [0.25, 0.3) is 0 Å². The molecule has 49 heavy (non-hydrogen) atoms. The normalized spacial score (nSPS) is 19.4. The summed E-state index contributed by atoms with van der Waals surface area (Å²) in [7, 11) is 3.04. The fourth-order valence-corrected chi connectivity index (χ4v) is 6.95. The van der Waals surface area contributed by atoms with Gasteiger partial charge in [0.25, 0.3) is 0 Å². The van der Waals surface area contributed by atoms with Crippen LogP contribution in [-0.2, 0) is 20.7 Å². The third kappa shape index (κ3) is 7.93. The van der Waals surface area contributed by atoms with Crippen molar-refractivity contribution in [2.75, 3.05) is 39.2 Å². The summed E-state index contributed by atoms with van der Waals surface area (Å²) in [6, 6.07) is 16.6. The fraction of sp³-hybridized carbons (Fsp3) is 0.324. The van der Waals surface area contributed by atoms with Gasteiger partial charge in [-0.2, -0.15) is 0 Å². The standard InChI is InChI=1S/C37H36Cl2FN3O6/c1-46-31-11-10-23(17-33(31)47-2)32(18-27-28(38)19-41-20-29(27)39)48-36(44)24-6-5-7-25(16-24)42-35(26-8-3-4-9-30(26)40)37(45)49-34-21-43-14-12-22(34)13-15-43/h3-11,16-17,19-20,22,32,34-35,42H,12-15,18,21H2,1-2H3/t32-,34-,35?/m0/s1. The number of carbonyl (C=O) groups is 2. The Labute approximate surface area is 294 Å². The summed E-state index contributed by atoms with van der Waals surface area (Å²) in [5.74, 6) is -0.551. The summed E-state index contributed by atoms with van der Waals surface area (Å²) in [6.07, 6.45) is 3.90. The van der Waals surface area contributed by atoms with E-state index in [-0.39, 0.29) is 29.6 Å². The predicted octanol–water partition coefficient (Wildman–Crippen LogP) is 7.48. The van der Waals surface area contributed by atoms with E-state index in [2.05, 4.69) is 15.2 Å². The number of hydrogen-bond acceptors (Lipinski definition) is 9. The molecular formula is C37H36Cl2FN3O6. The highest BCUT2D eigenvalue weighted by atomic mass is 35.5. The van der Waals surface area contributed by atoms with Gasteiger partial charge in [0.15, 0.2) is 17.5 Å². The van der Waals surface area contributed by atoms with Crippen molar-refractivity contribution in [1.29, 1.82) is 0 Å². The molecule has 256 valence electrons. The zero-order valence-electron chi connectivity index (χ0n) is 27.0. The van der Waals surface area contributed by atoms with Gasteiger partial charge in [-0.25, -0.2) is 14.0 Å². The van der Waals surface area contributed by atoms with E-state index in [1.165, 1.54) is 32.7 Å². The molecule has 7 rings (SSSR count). The van der Waals surface area contributed by atoms with E-state index in [9.17, 15) is 9.59 Å². The van der Waals surface area contributed by atoms with Gasteiger partial charge in [-0.3, -0.25) is 9.88 Å². The van der Waals surface area contributed by atoms with E-state index < -0.39 is 29.9 Å². The lowest BCUT2D eigenvalue weighted by Gasteiger charge is -2.44. The number of nitrogens with one attached hydrogen (secondary N) is 1. The zero-order valence-corrected chi connectivity index (χ0v) is 28.5. The van der Waals surface area contributed by atoms with Gasteiger partial charge >= 0.3 is 11.9 Å². The number of ether oxygens (including phenoxy) is 4. The number of methoxy groups -OCH3 is 2. The largest absolute Gasteiger partial charge is 0.493 e. The number of pyridine rings is 1. The molecule has 3 aliphatic rings. The van der Waals surface area contributed by atoms with Crippen LogP contribution in [0.4, 0.5) is 10.1 Å². The lowest BCUT2D eigenvalue weighted by Crippen LogP contribution is -2.52. The number of aromatic nitrogens is 1. The maximum atomic E-state index is 15.1. The van der Waals surface area contributed by atoms with Crippen LogP contribution in [0.3, 0.4) is 0 Å². The van der Waals surface area contributed by atoms with Gasteiger partial charge in [-0.15, -0.1) is 0 Å². The smallest absolute Gasteiger partial charge is 0.338 e. The molecule has 12 heteroatoms. The van der Waals surface area contributed by atoms with Crippen molar-refractivity contribution < 1.29 is 32.9 Å². The molecule has 9 nitrogen and oxygen atoms in total. The molecule has 0 amide bonds. The Morgan fingerprint density at radius 2 is 1.69 bits per heavy atom. The minimum absolute atomic E-state index is 0.139. The summed E-state index contributed by atoms with van der Waals surface area (Å²) in [5, 5.41) is 3.77. The Bertz CT molecular complexity index is 1800. The summed E-state index contributed by atoms with van der Waals surface area (Å²) in [6.45, 7) is 2.65. The molecule has 4 aromatic rings. The van der Waals surface area contributed by atoms with Crippen molar-refractivity contribution in [1.82, 2.24) is 9.88 Å². The molecule has 1 N–H and O–H groups in total. The van der Waals surface area contributed by atoms with Crippen LogP contribution in [0.15, 0.2) is 79.1 Å². The van der Waals surface area contributed by atoms with Crippen LogP contribution in [0.1, 0.15) is 52.0 Å². The first kappa shape index (κ1) is 34.5.